The Morgan fingerprint density at radius 1 is 1.13 bits per heavy atom. The number of hydrogen-bond acceptors (Lipinski definition) is 6. The highest BCUT2D eigenvalue weighted by Crippen LogP contribution is 2.26. The Morgan fingerprint density at radius 3 is 2.67 bits per heavy atom. The Labute approximate surface area is 181 Å². The summed E-state index contributed by atoms with van der Waals surface area (Å²) in [6.45, 7) is 1.92. The molecular weight excluding hydrogens is 426 g/mol. The first kappa shape index (κ1) is 20.1. The molecule has 3 amide bonds. The Balaban J connectivity index is 1.43. The smallest absolute Gasteiger partial charge is 0.261 e. The van der Waals surface area contributed by atoms with Crippen LogP contribution in [0.2, 0.25) is 5.02 Å². The molecule has 0 saturated carbocycles. The molecule has 0 spiro atoms. The van der Waals surface area contributed by atoms with Crippen molar-refractivity contribution in [3.63, 3.8) is 0 Å². The molecule has 1 aromatic heterocycles. The van der Waals surface area contributed by atoms with Crippen LogP contribution in [-0.2, 0) is 4.79 Å². The van der Waals surface area contributed by atoms with E-state index in [0.717, 1.165) is 16.2 Å². The van der Waals surface area contributed by atoms with Crippen LogP contribution in [0.25, 0.3) is 5.69 Å². The molecule has 3 aromatic rings. The van der Waals surface area contributed by atoms with Gasteiger partial charge in [-0.05, 0) is 42.8 Å². The molecule has 0 atom stereocenters. The van der Waals surface area contributed by atoms with Crippen LogP contribution < -0.4 is 5.32 Å². The number of nitrogens with one attached hydrogen (secondary N) is 1. The van der Waals surface area contributed by atoms with Gasteiger partial charge in [-0.15, -0.1) is 10.2 Å². The van der Waals surface area contributed by atoms with E-state index < -0.39 is 0 Å². The van der Waals surface area contributed by atoms with E-state index in [1.807, 2.05) is 25.1 Å². The topological polar surface area (TPSA) is 97.2 Å². The Bertz CT molecular complexity index is 1190. The summed E-state index contributed by atoms with van der Waals surface area (Å²) in [7, 11) is 1.43. The summed E-state index contributed by atoms with van der Waals surface area (Å²) in [5, 5.41) is 11.9. The number of anilines is 1. The van der Waals surface area contributed by atoms with Crippen LogP contribution in [0.1, 0.15) is 26.3 Å². The monoisotopic (exact) mass is 441 g/mol. The van der Waals surface area contributed by atoms with E-state index in [0.29, 0.717) is 21.4 Å². The number of aromatic nitrogens is 3. The molecule has 1 aliphatic rings. The lowest BCUT2D eigenvalue weighted by molar-refractivity contribution is -0.113. The fourth-order valence-electron chi connectivity index (χ4n) is 3.00. The van der Waals surface area contributed by atoms with Crippen LogP contribution in [0, 0.1) is 6.92 Å². The Hall–Kier alpha value is -3.17. The molecule has 10 heteroatoms. The van der Waals surface area contributed by atoms with Gasteiger partial charge in [-0.25, -0.2) is 0 Å². The van der Waals surface area contributed by atoms with Crippen molar-refractivity contribution >= 4 is 46.8 Å². The second-order valence-electron chi connectivity index (χ2n) is 6.68. The fourth-order valence-corrected chi connectivity index (χ4v) is 3.90. The number of carbonyl (C=O) groups is 3. The summed E-state index contributed by atoms with van der Waals surface area (Å²) in [4.78, 5) is 37.5. The van der Waals surface area contributed by atoms with Gasteiger partial charge in [0.1, 0.15) is 6.33 Å². The summed E-state index contributed by atoms with van der Waals surface area (Å²) in [6.07, 6.45) is 1.56. The summed E-state index contributed by atoms with van der Waals surface area (Å²) >= 11 is 7.41. The van der Waals surface area contributed by atoms with Gasteiger partial charge in [-0.3, -0.25) is 23.9 Å². The number of aryl methyl sites for hydroxylation is 1. The SMILES string of the molecule is Cc1ccc(-n2cnnc2SCC(=O)Nc2ccc3c(c2)C(=O)N(C)C3=O)cc1Cl. The van der Waals surface area contributed by atoms with E-state index in [4.69, 9.17) is 11.6 Å². The van der Waals surface area contributed by atoms with Crippen LogP contribution >= 0.6 is 23.4 Å². The van der Waals surface area contributed by atoms with Crippen molar-refractivity contribution in [2.45, 2.75) is 12.1 Å². The molecule has 2 heterocycles. The van der Waals surface area contributed by atoms with Gasteiger partial charge >= 0.3 is 0 Å². The number of carbonyl (C=O) groups excluding carboxylic acids is 3. The van der Waals surface area contributed by atoms with Crippen molar-refractivity contribution in [1.82, 2.24) is 19.7 Å². The van der Waals surface area contributed by atoms with Crippen LogP contribution in [0.3, 0.4) is 0 Å². The van der Waals surface area contributed by atoms with E-state index >= 15 is 0 Å². The zero-order valence-electron chi connectivity index (χ0n) is 16.0. The molecule has 4 rings (SSSR count). The molecule has 30 heavy (non-hydrogen) atoms. The second kappa shape index (κ2) is 7.92. The Kier molecular flexibility index (Phi) is 5.31. The minimum Gasteiger partial charge on any atom is -0.325 e. The number of benzene rings is 2. The van der Waals surface area contributed by atoms with E-state index in [2.05, 4.69) is 15.5 Å². The molecule has 152 valence electrons. The van der Waals surface area contributed by atoms with E-state index in [1.165, 1.54) is 24.9 Å². The maximum Gasteiger partial charge on any atom is 0.261 e. The van der Waals surface area contributed by atoms with Crippen molar-refractivity contribution < 1.29 is 14.4 Å². The number of thioether (sulfide) groups is 1. The van der Waals surface area contributed by atoms with Crippen LogP contribution in [0.4, 0.5) is 5.69 Å². The first-order valence-corrected chi connectivity index (χ1v) is 10.3. The molecular formula is C20H16ClN5O3S. The minimum absolute atomic E-state index is 0.0855. The van der Waals surface area contributed by atoms with Gasteiger partial charge in [0.25, 0.3) is 11.8 Å². The lowest BCUT2D eigenvalue weighted by atomic mass is 10.1. The molecule has 2 aromatic carbocycles. The number of halogens is 1. The molecule has 0 unspecified atom stereocenters. The molecule has 0 saturated heterocycles. The average molecular weight is 442 g/mol. The number of amides is 3. The summed E-state index contributed by atoms with van der Waals surface area (Å²) < 4.78 is 1.75. The summed E-state index contributed by atoms with van der Waals surface area (Å²) in [5.41, 5.74) is 2.82. The average Bonchev–Trinajstić information content (AvgIpc) is 3.28. The molecule has 1 N–H and O–H groups in total. The number of nitrogens with zero attached hydrogens (tertiary/aromatic N) is 4. The quantitative estimate of drug-likeness (QED) is 0.482. The largest absolute Gasteiger partial charge is 0.325 e. The number of hydrogen-bond donors (Lipinski definition) is 1. The second-order valence-corrected chi connectivity index (χ2v) is 8.03. The summed E-state index contributed by atoms with van der Waals surface area (Å²) in [6, 6.07) is 10.3. The first-order valence-electron chi connectivity index (χ1n) is 8.91. The third-order valence-corrected chi connectivity index (χ3v) is 6.01. The van der Waals surface area contributed by atoms with Gasteiger partial charge < -0.3 is 5.32 Å². The lowest BCUT2D eigenvalue weighted by Gasteiger charge is -2.09. The van der Waals surface area contributed by atoms with Crippen LogP contribution in [-0.4, -0.2) is 50.2 Å². The van der Waals surface area contributed by atoms with Crippen molar-refractivity contribution in [2.24, 2.45) is 0 Å². The zero-order valence-corrected chi connectivity index (χ0v) is 17.6. The third kappa shape index (κ3) is 3.69. The molecule has 0 aliphatic carbocycles. The predicted molar refractivity (Wildman–Crippen MR) is 113 cm³/mol. The van der Waals surface area contributed by atoms with Crippen molar-refractivity contribution in [3.05, 3.63) is 64.4 Å². The third-order valence-electron chi connectivity index (χ3n) is 4.66. The normalized spacial score (nSPS) is 13.0. The van der Waals surface area contributed by atoms with Gasteiger partial charge in [0.05, 0.1) is 22.6 Å². The van der Waals surface area contributed by atoms with Gasteiger partial charge in [0.2, 0.25) is 5.91 Å². The maximum atomic E-state index is 12.4. The highest BCUT2D eigenvalue weighted by Gasteiger charge is 2.32. The molecule has 0 radical (unpaired) electrons. The Morgan fingerprint density at radius 2 is 1.90 bits per heavy atom. The minimum atomic E-state index is -0.384. The van der Waals surface area contributed by atoms with E-state index in [1.54, 1.807) is 23.0 Å². The zero-order chi connectivity index (χ0) is 21.4. The predicted octanol–water partition coefficient (Wildman–Crippen LogP) is 3.19. The van der Waals surface area contributed by atoms with Crippen molar-refractivity contribution in [1.29, 1.82) is 0 Å². The van der Waals surface area contributed by atoms with Gasteiger partial charge in [-0.2, -0.15) is 0 Å². The van der Waals surface area contributed by atoms with Gasteiger partial charge in [0, 0.05) is 17.8 Å². The molecule has 8 nitrogen and oxygen atoms in total. The first-order chi connectivity index (χ1) is 14.3. The maximum absolute atomic E-state index is 12.4. The molecule has 1 aliphatic heterocycles. The van der Waals surface area contributed by atoms with Gasteiger partial charge in [0.15, 0.2) is 5.16 Å². The van der Waals surface area contributed by atoms with Crippen molar-refractivity contribution in [2.75, 3.05) is 18.1 Å². The van der Waals surface area contributed by atoms with Crippen LogP contribution in [0.15, 0.2) is 47.9 Å². The standard InChI is InChI=1S/C20H16ClN5O3S/c1-11-3-5-13(8-16(11)21)26-10-22-24-20(26)30-9-17(27)23-12-4-6-14-15(7-12)19(29)25(2)18(14)28/h3-8,10H,9H2,1-2H3,(H,23,27). The van der Waals surface area contributed by atoms with Crippen LogP contribution in [0.5, 0.6) is 0 Å². The molecule has 0 fully saturated rings. The van der Waals surface area contributed by atoms with E-state index in [-0.39, 0.29) is 29.0 Å². The number of imide groups is 1. The summed E-state index contributed by atoms with van der Waals surface area (Å²) in [5.74, 6) is -0.923. The number of rotatable bonds is 5. The van der Waals surface area contributed by atoms with Crippen molar-refractivity contribution in [3.8, 4) is 5.69 Å². The number of fused-ring (bicyclic) bond motifs is 1. The molecule has 0 bridgehead atoms. The van der Waals surface area contributed by atoms with E-state index in [9.17, 15) is 14.4 Å². The highest BCUT2D eigenvalue weighted by atomic mass is 35.5. The van der Waals surface area contributed by atoms with Gasteiger partial charge in [-0.1, -0.05) is 29.4 Å². The highest BCUT2D eigenvalue weighted by molar-refractivity contribution is 7.99. The fraction of sp³-hybridized carbons (Fsp3) is 0.150. The lowest BCUT2D eigenvalue weighted by Crippen LogP contribution is -2.24.